The topological polar surface area (TPSA) is 59.5 Å². The molecule has 1 aromatic heterocycles. The minimum absolute atomic E-state index is 0.114. The highest BCUT2D eigenvalue weighted by Crippen LogP contribution is 2.36. The second-order valence-corrected chi connectivity index (χ2v) is 5.25. The number of rotatable bonds is 4. The first-order valence-electron chi connectivity index (χ1n) is 6.31. The van der Waals surface area contributed by atoms with E-state index in [2.05, 4.69) is 0 Å². The molecule has 1 aromatic rings. The molecule has 0 radical (unpaired) electrons. The number of carbonyl (C=O) groups is 1. The number of amides is 1. The summed E-state index contributed by atoms with van der Waals surface area (Å²) < 4.78 is 5.32. The summed E-state index contributed by atoms with van der Waals surface area (Å²) in [5.74, 6) is 0.954. The maximum Gasteiger partial charge on any atom is 0.243 e. The van der Waals surface area contributed by atoms with Crippen LogP contribution in [0, 0.1) is 0 Å². The molecule has 2 aliphatic rings. The fourth-order valence-corrected chi connectivity index (χ4v) is 2.38. The van der Waals surface area contributed by atoms with Crippen LogP contribution in [-0.2, 0) is 11.3 Å². The minimum atomic E-state index is -0.588. The molecule has 0 unspecified atom stereocenters. The molecule has 2 fully saturated rings. The molecule has 1 amide bonds. The highest BCUT2D eigenvalue weighted by molar-refractivity contribution is 5.87. The van der Waals surface area contributed by atoms with Crippen molar-refractivity contribution in [1.29, 1.82) is 0 Å². The number of carbonyl (C=O) groups excluding carboxylic acids is 1. The molecule has 0 spiro atoms. The standard InChI is InChI=1S/C13H18N2O2/c14-13(6-2-7-13)12(16)15(10-4-5-10)9-11-3-1-8-17-11/h1,3,8,10H,2,4-7,9,14H2. The van der Waals surface area contributed by atoms with Gasteiger partial charge in [0.1, 0.15) is 5.76 Å². The predicted molar refractivity (Wildman–Crippen MR) is 63.0 cm³/mol. The van der Waals surface area contributed by atoms with Crippen molar-refractivity contribution in [3.8, 4) is 0 Å². The smallest absolute Gasteiger partial charge is 0.243 e. The number of nitrogens with zero attached hydrogens (tertiary/aromatic N) is 1. The van der Waals surface area contributed by atoms with E-state index in [1.807, 2.05) is 17.0 Å². The SMILES string of the molecule is NC1(C(=O)N(Cc2ccco2)C2CC2)CCC1. The molecule has 0 aliphatic heterocycles. The second kappa shape index (κ2) is 3.88. The molecule has 0 atom stereocenters. The third-order valence-electron chi connectivity index (χ3n) is 3.83. The summed E-state index contributed by atoms with van der Waals surface area (Å²) in [7, 11) is 0. The monoisotopic (exact) mass is 234 g/mol. The van der Waals surface area contributed by atoms with Crippen molar-refractivity contribution in [2.45, 2.75) is 50.2 Å². The van der Waals surface area contributed by atoms with E-state index in [9.17, 15) is 4.79 Å². The number of hydrogen-bond acceptors (Lipinski definition) is 3. The van der Waals surface area contributed by atoms with Crippen LogP contribution >= 0.6 is 0 Å². The van der Waals surface area contributed by atoms with Crippen molar-refractivity contribution in [3.05, 3.63) is 24.2 Å². The Morgan fingerprint density at radius 2 is 2.29 bits per heavy atom. The first-order valence-corrected chi connectivity index (χ1v) is 6.31. The molecule has 4 heteroatoms. The molecule has 2 saturated carbocycles. The summed E-state index contributed by atoms with van der Waals surface area (Å²) in [6.45, 7) is 0.565. The van der Waals surface area contributed by atoms with Gasteiger partial charge in [0, 0.05) is 6.04 Å². The van der Waals surface area contributed by atoms with E-state index >= 15 is 0 Å². The Bertz CT molecular complexity index is 405. The summed E-state index contributed by atoms with van der Waals surface area (Å²) in [4.78, 5) is 14.3. The van der Waals surface area contributed by atoms with Gasteiger partial charge in [-0.1, -0.05) is 0 Å². The van der Waals surface area contributed by atoms with Gasteiger partial charge in [0.2, 0.25) is 5.91 Å². The van der Waals surface area contributed by atoms with Gasteiger partial charge in [-0.15, -0.1) is 0 Å². The molecule has 0 saturated heterocycles. The molecule has 4 nitrogen and oxygen atoms in total. The van der Waals surface area contributed by atoms with Crippen molar-refractivity contribution < 1.29 is 9.21 Å². The van der Waals surface area contributed by atoms with Crippen LogP contribution in [0.1, 0.15) is 37.9 Å². The molecular formula is C13H18N2O2. The van der Waals surface area contributed by atoms with Crippen molar-refractivity contribution in [2.75, 3.05) is 0 Å². The lowest BCUT2D eigenvalue weighted by atomic mass is 9.76. The number of furan rings is 1. The fourth-order valence-electron chi connectivity index (χ4n) is 2.38. The maximum absolute atomic E-state index is 12.4. The average Bonchev–Trinajstić information content (AvgIpc) is 2.99. The van der Waals surface area contributed by atoms with Crippen LogP contribution in [0.4, 0.5) is 0 Å². The quantitative estimate of drug-likeness (QED) is 0.861. The Morgan fingerprint density at radius 1 is 1.53 bits per heavy atom. The van der Waals surface area contributed by atoms with Gasteiger partial charge in [0.05, 0.1) is 18.3 Å². The summed E-state index contributed by atoms with van der Waals surface area (Å²) in [6.07, 6.45) is 6.57. The Labute approximate surface area is 101 Å². The van der Waals surface area contributed by atoms with Crippen molar-refractivity contribution in [2.24, 2.45) is 5.73 Å². The zero-order chi connectivity index (χ0) is 11.9. The Hall–Kier alpha value is -1.29. The zero-order valence-corrected chi connectivity index (χ0v) is 9.89. The predicted octanol–water partition coefficient (Wildman–Crippen LogP) is 1.65. The van der Waals surface area contributed by atoms with Crippen LogP contribution in [0.3, 0.4) is 0 Å². The van der Waals surface area contributed by atoms with Gasteiger partial charge >= 0.3 is 0 Å². The highest BCUT2D eigenvalue weighted by atomic mass is 16.3. The molecule has 2 aliphatic carbocycles. The second-order valence-electron chi connectivity index (χ2n) is 5.25. The van der Waals surface area contributed by atoms with Crippen molar-refractivity contribution in [1.82, 2.24) is 4.90 Å². The van der Waals surface area contributed by atoms with Gasteiger partial charge in [0.15, 0.2) is 0 Å². The lowest BCUT2D eigenvalue weighted by molar-refractivity contribution is -0.141. The summed E-state index contributed by atoms with van der Waals surface area (Å²) in [5.41, 5.74) is 5.53. The summed E-state index contributed by atoms with van der Waals surface area (Å²) >= 11 is 0. The van der Waals surface area contributed by atoms with E-state index in [0.717, 1.165) is 37.9 Å². The van der Waals surface area contributed by atoms with E-state index in [0.29, 0.717) is 12.6 Å². The number of hydrogen-bond donors (Lipinski definition) is 1. The fraction of sp³-hybridized carbons (Fsp3) is 0.615. The third-order valence-corrected chi connectivity index (χ3v) is 3.83. The summed E-state index contributed by atoms with van der Waals surface area (Å²) in [5, 5.41) is 0. The average molecular weight is 234 g/mol. The summed E-state index contributed by atoms with van der Waals surface area (Å²) in [6, 6.07) is 4.15. The van der Waals surface area contributed by atoms with Gasteiger partial charge < -0.3 is 15.1 Å². The van der Waals surface area contributed by atoms with Crippen molar-refractivity contribution in [3.63, 3.8) is 0 Å². The van der Waals surface area contributed by atoms with E-state index in [4.69, 9.17) is 10.2 Å². The van der Waals surface area contributed by atoms with E-state index in [1.54, 1.807) is 6.26 Å². The Kier molecular flexibility index (Phi) is 2.47. The van der Waals surface area contributed by atoms with Gasteiger partial charge in [-0.05, 0) is 44.2 Å². The molecule has 17 heavy (non-hydrogen) atoms. The molecular weight excluding hydrogens is 216 g/mol. The van der Waals surface area contributed by atoms with Crippen molar-refractivity contribution >= 4 is 5.91 Å². The van der Waals surface area contributed by atoms with Gasteiger partial charge in [-0.3, -0.25) is 4.79 Å². The normalized spacial score (nSPS) is 21.9. The van der Waals surface area contributed by atoms with Crippen LogP contribution in [0.2, 0.25) is 0 Å². The van der Waals surface area contributed by atoms with Crippen LogP contribution in [-0.4, -0.2) is 22.4 Å². The first-order chi connectivity index (χ1) is 8.19. The van der Waals surface area contributed by atoms with Gasteiger partial charge in [-0.25, -0.2) is 0 Å². The third kappa shape index (κ3) is 1.97. The largest absolute Gasteiger partial charge is 0.467 e. The van der Waals surface area contributed by atoms with E-state index in [-0.39, 0.29) is 5.91 Å². The Morgan fingerprint density at radius 3 is 2.76 bits per heavy atom. The molecule has 1 heterocycles. The highest BCUT2D eigenvalue weighted by Gasteiger charge is 2.46. The minimum Gasteiger partial charge on any atom is -0.467 e. The van der Waals surface area contributed by atoms with Crippen LogP contribution in [0.5, 0.6) is 0 Å². The molecule has 0 aromatic carbocycles. The van der Waals surface area contributed by atoms with E-state index < -0.39 is 5.54 Å². The molecule has 2 N–H and O–H groups in total. The lowest BCUT2D eigenvalue weighted by Gasteiger charge is -2.40. The maximum atomic E-state index is 12.4. The van der Waals surface area contributed by atoms with Crippen LogP contribution < -0.4 is 5.73 Å². The molecule has 92 valence electrons. The lowest BCUT2D eigenvalue weighted by Crippen LogP contribution is -2.59. The van der Waals surface area contributed by atoms with Crippen LogP contribution in [0.25, 0.3) is 0 Å². The molecule has 3 rings (SSSR count). The molecule has 0 bridgehead atoms. The van der Waals surface area contributed by atoms with Gasteiger partial charge in [0.25, 0.3) is 0 Å². The number of nitrogens with two attached hydrogens (primary N) is 1. The van der Waals surface area contributed by atoms with Crippen LogP contribution in [0.15, 0.2) is 22.8 Å². The first kappa shape index (κ1) is 10.8. The zero-order valence-electron chi connectivity index (χ0n) is 9.89. The Balaban J connectivity index is 1.73. The van der Waals surface area contributed by atoms with Gasteiger partial charge in [-0.2, -0.15) is 0 Å². The van der Waals surface area contributed by atoms with E-state index in [1.165, 1.54) is 0 Å².